The Labute approximate surface area is 233 Å². The molecule has 0 saturated carbocycles. The highest BCUT2D eigenvalue weighted by atomic mass is 32.2. The summed E-state index contributed by atoms with van der Waals surface area (Å²) in [7, 11) is -3.95. The number of rotatable bonds is 6. The van der Waals surface area contributed by atoms with E-state index in [1.54, 1.807) is 49.4 Å². The lowest BCUT2D eigenvalue weighted by atomic mass is 10.1. The van der Waals surface area contributed by atoms with E-state index in [0.717, 1.165) is 5.56 Å². The summed E-state index contributed by atoms with van der Waals surface area (Å²) in [5.74, 6) is -4.20. The molecular weight excluding hydrogens is 570 g/mol. The molecule has 0 radical (unpaired) electrons. The second-order valence-electron chi connectivity index (χ2n) is 9.14. The van der Waals surface area contributed by atoms with Crippen molar-refractivity contribution >= 4 is 39.0 Å². The van der Waals surface area contributed by atoms with E-state index in [-0.39, 0.29) is 22.0 Å². The smallest absolute Gasteiger partial charge is 0.478 e. The third kappa shape index (κ3) is 7.87. The fourth-order valence-electron chi connectivity index (χ4n) is 4.22. The second kappa shape index (κ2) is 12.5. The normalized spacial score (nSPS) is 13.7. The highest BCUT2D eigenvalue weighted by molar-refractivity contribution is 7.92. The first-order valence-corrected chi connectivity index (χ1v) is 13.6. The monoisotopic (exact) mass is 597 g/mol. The largest absolute Gasteiger partial charge is 0.490 e. The van der Waals surface area contributed by atoms with Crippen molar-refractivity contribution in [1.82, 2.24) is 0 Å². The lowest BCUT2D eigenvalue weighted by Crippen LogP contribution is -2.47. The van der Waals surface area contributed by atoms with Crippen molar-refractivity contribution in [3.63, 3.8) is 0 Å². The Morgan fingerprint density at radius 3 is 1.93 bits per heavy atom. The number of aryl methyl sites for hydroxylation is 2. The molecule has 0 spiro atoms. The van der Waals surface area contributed by atoms with Gasteiger partial charge in [-0.05, 0) is 55.8 Å². The Bertz CT molecular complexity index is 1540. The van der Waals surface area contributed by atoms with E-state index in [1.807, 2.05) is 16.7 Å². The van der Waals surface area contributed by atoms with Crippen LogP contribution in [0.3, 0.4) is 0 Å². The van der Waals surface area contributed by atoms with E-state index in [0.29, 0.717) is 43.1 Å². The van der Waals surface area contributed by atoms with Crippen LogP contribution in [0.1, 0.15) is 21.5 Å². The lowest BCUT2D eigenvalue weighted by Gasteiger charge is -2.38. The fraction of sp³-hybridized carbons (Fsp3) is 0.259. The number of para-hydroxylation sites is 1. The van der Waals surface area contributed by atoms with E-state index < -0.39 is 28.1 Å². The van der Waals surface area contributed by atoms with Crippen molar-refractivity contribution in [1.29, 1.82) is 0 Å². The molecule has 1 heterocycles. The summed E-state index contributed by atoms with van der Waals surface area (Å²) in [5, 5.41) is 16.6. The van der Waals surface area contributed by atoms with Crippen molar-refractivity contribution < 1.29 is 45.8 Å². The standard InChI is InChI=1S/C25H26FN3O4S.C2HF3O2/c1-17-7-10-24(18(2)15-17)34(32,33)27-21-16-19(25(30)31)8-9-23(21)29-13-11-28(12-14-29)22-6-4-3-5-20(22)26;3-2(4,5)1(6)7/h3-10,15-16,27H,11-14H2,1-2H3,(H,30,31);(H,6,7). The lowest BCUT2D eigenvalue weighted by molar-refractivity contribution is -0.192. The van der Waals surface area contributed by atoms with Crippen LogP contribution >= 0.6 is 0 Å². The van der Waals surface area contributed by atoms with Crippen LogP contribution in [0.15, 0.2) is 65.6 Å². The van der Waals surface area contributed by atoms with Gasteiger partial charge >= 0.3 is 18.1 Å². The minimum absolute atomic E-state index is 0.0212. The van der Waals surface area contributed by atoms with E-state index in [2.05, 4.69) is 4.72 Å². The molecule has 3 aromatic rings. The van der Waals surface area contributed by atoms with Crippen LogP contribution in [0.25, 0.3) is 0 Å². The Hall–Kier alpha value is -4.33. The first-order valence-electron chi connectivity index (χ1n) is 12.1. The number of anilines is 3. The zero-order chi connectivity index (χ0) is 30.5. The van der Waals surface area contributed by atoms with Gasteiger partial charge in [0.2, 0.25) is 0 Å². The predicted molar refractivity (Wildman–Crippen MR) is 145 cm³/mol. The zero-order valence-corrected chi connectivity index (χ0v) is 22.8. The van der Waals surface area contributed by atoms with Gasteiger partial charge in [-0.25, -0.2) is 22.4 Å². The number of alkyl halides is 3. The Balaban J connectivity index is 0.000000587. The number of nitrogens with one attached hydrogen (secondary N) is 1. The summed E-state index contributed by atoms with van der Waals surface area (Å²) in [4.78, 5) is 24.5. The van der Waals surface area contributed by atoms with Crippen LogP contribution in [0.5, 0.6) is 0 Å². The quantitative estimate of drug-likeness (QED) is 0.343. The van der Waals surface area contributed by atoms with E-state index >= 15 is 0 Å². The summed E-state index contributed by atoms with van der Waals surface area (Å²) in [6, 6.07) is 16.0. The minimum Gasteiger partial charge on any atom is -0.478 e. The Kier molecular flexibility index (Phi) is 9.48. The zero-order valence-electron chi connectivity index (χ0n) is 21.9. The number of piperazine rings is 1. The number of halogens is 4. The molecule has 41 heavy (non-hydrogen) atoms. The van der Waals surface area contributed by atoms with Crippen molar-refractivity contribution in [2.75, 3.05) is 40.7 Å². The van der Waals surface area contributed by atoms with Crippen LogP contribution < -0.4 is 14.5 Å². The Morgan fingerprint density at radius 1 is 0.854 bits per heavy atom. The van der Waals surface area contributed by atoms with E-state index in [9.17, 15) is 35.9 Å². The summed E-state index contributed by atoms with van der Waals surface area (Å²) in [6.07, 6.45) is -5.08. The van der Waals surface area contributed by atoms with Gasteiger partial charge in [0.05, 0.1) is 27.5 Å². The number of carboxylic acid groups (broad SMARTS) is 2. The van der Waals surface area contributed by atoms with Crippen LogP contribution in [-0.2, 0) is 14.8 Å². The van der Waals surface area contributed by atoms with Gasteiger partial charge in [0.15, 0.2) is 0 Å². The Morgan fingerprint density at radius 2 is 1.41 bits per heavy atom. The first-order chi connectivity index (χ1) is 19.1. The molecule has 0 aliphatic carbocycles. The van der Waals surface area contributed by atoms with Crippen molar-refractivity contribution in [2.45, 2.75) is 24.9 Å². The molecule has 0 aromatic heterocycles. The molecule has 0 bridgehead atoms. The molecule has 3 aromatic carbocycles. The minimum atomic E-state index is -5.08. The number of carbonyl (C=O) groups is 2. The van der Waals surface area contributed by atoms with Crippen LogP contribution in [-0.4, -0.2) is 62.9 Å². The SMILES string of the molecule is Cc1ccc(S(=O)(=O)Nc2cc(C(=O)O)ccc2N2CCN(c3ccccc3F)CC2)c(C)c1.O=C(O)C(F)(F)F. The van der Waals surface area contributed by atoms with Gasteiger partial charge in [-0.15, -0.1) is 0 Å². The van der Waals surface area contributed by atoms with Crippen LogP contribution in [0.4, 0.5) is 34.6 Å². The average Bonchev–Trinajstić information content (AvgIpc) is 2.88. The molecule has 1 aliphatic rings. The highest BCUT2D eigenvalue weighted by Gasteiger charge is 2.38. The summed E-state index contributed by atoms with van der Waals surface area (Å²) in [5.41, 5.74) is 2.82. The molecule has 3 N–H and O–H groups in total. The average molecular weight is 598 g/mol. The molecule has 1 saturated heterocycles. The van der Waals surface area contributed by atoms with Gasteiger partial charge in [0.1, 0.15) is 5.82 Å². The summed E-state index contributed by atoms with van der Waals surface area (Å²) in [6.45, 7) is 5.69. The summed E-state index contributed by atoms with van der Waals surface area (Å²) < 4.78 is 74.9. The van der Waals surface area contributed by atoms with Gasteiger partial charge in [-0.3, -0.25) is 4.72 Å². The van der Waals surface area contributed by atoms with Crippen molar-refractivity contribution in [3.05, 3.63) is 83.2 Å². The predicted octanol–water partition coefficient (Wildman–Crippen LogP) is 4.90. The molecule has 0 unspecified atom stereocenters. The number of carboxylic acids is 2. The number of nitrogens with zero attached hydrogens (tertiary/aromatic N) is 2. The molecular formula is C27H27F4N3O6S. The van der Waals surface area contributed by atoms with Gasteiger partial charge in [0, 0.05) is 26.2 Å². The maximum atomic E-state index is 14.2. The molecule has 220 valence electrons. The van der Waals surface area contributed by atoms with E-state index in [4.69, 9.17) is 9.90 Å². The maximum absolute atomic E-state index is 14.2. The number of hydrogen-bond acceptors (Lipinski definition) is 6. The number of sulfonamides is 1. The van der Waals surface area contributed by atoms with Gasteiger partial charge in [-0.2, -0.15) is 13.2 Å². The summed E-state index contributed by atoms with van der Waals surface area (Å²) >= 11 is 0. The van der Waals surface area contributed by atoms with Crippen molar-refractivity contribution in [3.8, 4) is 0 Å². The number of aromatic carboxylic acids is 1. The molecule has 0 atom stereocenters. The highest BCUT2D eigenvalue weighted by Crippen LogP contribution is 2.32. The van der Waals surface area contributed by atoms with Gasteiger partial charge < -0.3 is 20.0 Å². The first kappa shape index (κ1) is 31.2. The van der Waals surface area contributed by atoms with E-state index in [1.165, 1.54) is 18.2 Å². The molecule has 1 aliphatic heterocycles. The van der Waals surface area contributed by atoms with Crippen molar-refractivity contribution in [2.24, 2.45) is 0 Å². The molecule has 9 nitrogen and oxygen atoms in total. The second-order valence-corrected chi connectivity index (χ2v) is 10.8. The number of hydrogen-bond donors (Lipinski definition) is 3. The van der Waals surface area contributed by atoms with Crippen LogP contribution in [0.2, 0.25) is 0 Å². The molecule has 14 heteroatoms. The third-order valence-corrected chi connectivity index (χ3v) is 7.69. The number of aliphatic carboxylic acids is 1. The van der Waals surface area contributed by atoms with Crippen LogP contribution in [0, 0.1) is 19.7 Å². The molecule has 4 rings (SSSR count). The molecule has 0 amide bonds. The molecule has 1 fully saturated rings. The van der Waals surface area contributed by atoms with Gasteiger partial charge in [0.25, 0.3) is 10.0 Å². The number of benzene rings is 3. The fourth-order valence-corrected chi connectivity index (χ4v) is 5.52. The van der Waals surface area contributed by atoms with Gasteiger partial charge in [-0.1, -0.05) is 29.8 Å². The topological polar surface area (TPSA) is 127 Å². The third-order valence-electron chi connectivity index (χ3n) is 6.16. The maximum Gasteiger partial charge on any atom is 0.490 e.